The van der Waals surface area contributed by atoms with Gasteiger partial charge in [-0.3, -0.25) is 9.78 Å². The van der Waals surface area contributed by atoms with Gasteiger partial charge in [0, 0.05) is 12.4 Å². The zero-order chi connectivity index (χ0) is 9.90. The highest BCUT2D eigenvalue weighted by atomic mass is 16.4. The summed E-state index contributed by atoms with van der Waals surface area (Å²) in [5.41, 5.74) is -1.11. The minimum absolute atomic E-state index is 0.387. The number of pyridine rings is 1. The fourth-order valence-electron chi connectivity index (χ4n) is 0.912. The molecule has 1 rings (SSSR count). The maximum absolute atomic E-state index is 10.8. The quantitative estimate of drug-likeness (QED) is 0.545. The fourth-order valence-corrected chi connectivity index (χ4v) is 0.912. The summed E-state index contributed by atoms with van der Waals surface area (Å²) in [4.78, 5) is 25.2. The lowest BCUT2D eigenvalue weighted by Crippen LogP contribution is -2.34. The predicted molar refractivity (Wildman–Crippen MR) is 45.3 cm³/mol. The first-order chi connectivity index (χ1) is 6.11. The second-order valence-corrected chi connectivity index (χ2v) is 2.87. The molecule has 0 amide bonds. The van der Waals surface area contributed by atoms with Gasteiger partial charge in [-0.2, -0.15) is 0 Å². The summed E-state index contributed by atoms with van der Waals surface area (Å²) in [7, 11) is 0. The average Bonchev–Trinajstić information content (AvgIpc) is 2.17. The second-order valence-electron chi connectivity index (χ2n) is 2.87. The Kier molecular flexibility index (Phi) is 2.41. The van der Waals surface area contributed by atoms with Crippen molar-refractivity contribution in [2.24, 2.45) is 0 Å². The Morgan fingerprint density at radius 1 is 1.69 bits per heavy atom. The molecule has 1 atom stereocenters. The number of aromatic nitrogens is 1. The van der Waals surface area contributed by atoms with Crippen LogP contribution in [0.3, 0.4) is 0 Å². The highest BCUT2D eigenvalue weighted by Crippen LogP contribution is 2.20. The van der Waals surface area contributed by atoms with E-state index in [1.54, 1.807) is 12.1 Å². The number of rotatable bonds is 3. The summed E-state index contributed by atoms with van der Waals surface area (Å²) >= 11 is 0. The molecule has 1 N–H and O–H groups in total. The zero-order valence-electron chi connectivity index (χ0n) is 7.10. The largest absolute Gasteiger partial charge is 0.480 e. The predicted octanol–water partition coefficient (Wildman–Crippen LogP) is 0.623. The summed E-state index contributed by atoms with van der Waals surface area (Å²) in [6.07, 6.45) is 3.31. The van der Waals surface area contributed by atoms with Gasteiger partial charge in [0.15, 0.2) is 0 Å². The number of carbonyl (C=O) groups excluding carboxylic acids is 1. The molecule has 0 aromatic carbocycles. The number of hydrogen-bond donors (Lipinski definition) is 1. The van der Waals surface area contributed by atoms with Crippen molar-refractivity contribution in [2.75, 3.05) is 0 Å². The van der Waals surface area contributed by atoms with Crippen molar-refractivity contribution >= 4 is 12.3 Å². The van der Waals surface area contributed by atoms with Crippen LogP contribution in [0.25, 0.3) is 0 Å². The van der Waals surface area contributed by atoms with Gasteiger partial charge in [0.05, 0.1) is 0 Å². The molecule has 0 spiro atoms. The molecule has 1 aromatic rings. The van der Waals surface area contributed by atoms with Crippen LogP contribution < -0.4 is 0 Å². The summed E-state index contributed by atoms with van der Waals surface area (Å²) in [5, 5.41) is 8.83. The maximum atomic E-state index is 10.8. The fraction of sp³-hybridized carbons (Fsp3) is 0.222. The smallest absolute Gasteiger partial charge is 0.321 e. The first-order valence-corrected chi connectivity index (χ1v) is 3.71. The molecule has 0 aliphatic heterocycles. The molecule has 0 fully saturated rings. The number of carboxylic acid groups (broad SMARTS) is 1. The van der Waals surface area contributed by atoms with Crippen LogP contribution in [0.1, 0.15) is 12.5 Å². The lowest BCUT2D eigenvalue weighted by molar-refractivity contribution is -0.145. The Labute approximate surface area is 75.2 Å². The molecular formula is C9H9NO3. The molecule has 0 saturated carbocycles. The molecule has 13 heavy (non-hydrogen) atoms. The molecule has 1 unspecified atom stereocenters. The van der Waals surface area contributed by atoms with Crippen molar-refractivity contribution in [3.63, 3.8) is 0 Å². The molecule has 0 aliphatic carbocycles. The van der Waals surface area contributed by atoms with Gasteiger partial charge < -0.3 is 9.90 Å². The number of aliphatic carboxylic acids is 1. The molecule has 1 aromatic heterocycles. The van der Waals surface area contributed by atoms with Gasteiger partial charge in [0.25, 0.3) is 0 Å². The van der Waals surface area contributed by atoms with Crippen LogP contribution in [-0.2, 0) is 15.0 Å². The SMILES string of the molecule is CC(C=O)(C(=O)O)c1cccnc1. The summed E-state index contributed by atoms with van der Waals surface area (Å²) < 4.78 is 0. The van der Waals surface area contributed by atoms with Gasteiger partial charge in [-0.1, -0.05) is 6.07 Å². The van der Waals surface area contributed by atoms with Gasteiger partial charge in [-0.15, -0.1) is 0 Å². The van der Waals surface area contributed by atoms with E-state index in [4.69, 9.17) is 5.11 Å². The Morgan fingerprint density at radius 2 is 2.38 bits per heavy atom. The minimum atomic E-state index is -1.49. The first kappa shape index (κ1) is 9.38. The van der Waals surface area contributed by atoms with Crippen LogP contribution in [0.5, 0.6) is 0 Å². The van der Waals surface area contributed by atoms with E-state index in [1.807, 2.05) is 0 Å². The van der Waals surface area contributed by atoms with E-state index in [0.29, 0.717) is 11.8 Å². The highest BCUT2D eigenvalue weighted by molar-refractivity contribution is 5.98. The number of aldehydes is 1. The van der Waals surface area contributed by atoms with E-state index in [2.05, 4.69) is 4.98 Å². The van der Waals surface area contributed by atoms with E-state index < -0.39 is 11.4 Å². The zero-order valence-corrected chi connectivity index (χ0v) is 7.10. The second kappa shape index (κ2) is 3.35. The van der Waals surface area contributed by atoms with Crippen molar-refractivity contribution in [1.29, 1.82) is 0 Å². The number of nitrogens with zero attached hydrogens (tertiary/aromatic N) is 1. The number of carboxylic acids is 1. The monoisotopic (exact) mass is 179 g/mol. The Morgan fingerprint density at radius 3 is 2.77 bits per heavy atom. The van der Waals surface area contributed by atoms with Crippen LogP contribution in [0.4, 0.5) is 0 Å². The Balaban J connectivity index is 3.18. The van der Waals surface area contributed by atoms with E-state index in [0.717, 1.165) is 0 Å². The van der Waals surface area contributed by atoms with Gasteiger partial charge >= 0.3 is 5.97 Å². The molecule has 0 bridgehead atoms. The molecular weight excluding hydrogens is 170 g/mol. The van der Waals surface area contributed by atoms with E-state index in [9.17, 15) is 9.59 Å². The van der Waals surface area contributed by atoms with Crippen molar-refractivity contribution in [3.8, 4) is 0 Å². The number of hydrogen-bond acceptors (Lipinski definition) is 3. The molecule has 68 valence electrons. The standard InChI is InChI=1S/C9H9NO3/c1-9(6-11,8(12)13)7-3-2-4-10-5-7/h2-6H,1H3,(H,12,13). The van der Waals surface area contributed by atoms with Crippen LogP contribution in [0, 0.1) is 0 Å². The Hall–Kier alpha value is -1.71. The van der Waals surface area contributed by atoms with E-state index >= 15 is 0 Å². The third-order valence-corrected chi connectivity index (χ3v) is 1.94. The van der Waals surface area contributed by atoms with Gasteiger partial charge in [-0.05, 0) is 18.6 Å². The van der Waals surface area contributed by atoms with E-state index in [1.165, 1.54) is 19.3 Å². The maximum Gasteiger partial charge on any atom is 0.321 e. The number of carbonyl (C=O) groups is 2. The minimum Gasteiger partial charge on any atom is -0.480 e. The normalized spacial score (nSPS) is 14.5. The molecule has 0 aliphatic rings. The first-order valence-electron chi connectivity index (χ1n) is 3.71. The molecule has 0 saturated heterocycles. The molecule has 1 heterocycles. The van der Waals surface area contributed by atoms with Crippen LogP contribution >= 0.6 is 0 Å². The summed E-state index contributed by atoms with van der Waals surface area (Å²) in [6, 6.07) is 3.16. The summed E-state index contributed by atoms with van der Waals surface area (Å²) in [6.45, 7) is 1.35. The van der Waals surface area contributed by atoms with E-state index in [-0.39, 0.29) is 0 Å². The van der Waals surface area contributed by atoms with Gasteiger partial charge in [0.1, 0.15) is 11.7 Å². The van der Waals surface area contributed by atoms with Crippen molar-refractivity contribution in [2.45, 2.75) is 12.3 Å². The topological polar surface area (TPSA) is 67.3 Å². The van der Waals surface area contributed by atoms with Crippen molar-refractivity contribution in [1.82, 2.24) is 4.98 Å². The van der Waals surface area contributed by atoms with Crippen molar-refractivity contribution in [3.05, 3.63) is 30.1 Å². The molecule has 4 nitrogen and oxygen atoms in total. The van der Waals surface area contributed by atoms with Crippen LogP contribution in [0.15, 0.2) is 24.5 Å². The lowest BCUT2D eigenvalue weighted by atomic mass is 9.85. The van der Waals surface area contributed by atoms with Crippen LogP contribution in [0.2, 0.25) is 0 Å². The van der Waals surface area contributed by atoms with Gasteiger partial charge in [-0.25, -0.2) is 0 Å². The third kappa shape index (κ3) is 1.56. The lowest BCUT2D eigenvalue weighted by Gasteiger charge is -2.16. The Bertz CT molecular complexity index is 323. The average molecular weight is 179 g/mol. The van der Waals surface area contributed by atoms with Gasteiger partial charge in [0.2, 0.25) is 0 Å². The molecule has 4 heteroatoms. The van der Waals surface area contributed by atoms with Crippen LogP contribution in [-0.4, -0.2) is 22.3 Å². The molecule has 0 radical (unpaired) electrons. The highest BCUT2D eigenvalue weighted by Gasteiger charge is 2.34. The third-order valence-electron chi connectivity index (χ3n) is 1.94. The summed E-state index contributed by atoms with van der Waals surface area (Å²) in [5.74, 6) is -1.17. The van der Waals surface area contributed by atoms with Crippen molar-refractivity contribution < 1.29 is 14.7 Å².